The molecule has 0 radical (unpaired) electrons. The van der Waals surface area contributed by atoms with E-state index in [4.69, 9.17) is 5.21 Å². The molecule has 0 aromatic heterocycles. The molecule has 0 aliphatic carbocycles. The van der Waals surface area contributed by atoms with Crippen LogP contribution in [0.4, 0.5) is 0 Å². The molecule has 0 atom stereocenters. The van der Waals surface area contributed by atoms with Crippen molar-refractivity contribution in [1.29, 1.82) is 0 Å². The summed E-state index contributed by atoms with van der Waals surface area (Å²) in [6, 6.07) is 17.9. The molecule has 1 fully saturated rings. The summed E-state index contributed by atoms with van der Waals surface area (Å²) in [6.45, 7) is 6.80. The van der Waals surface area contributed by atoms with Crippen molar-refractivity contribution < 1.29 is 14.8 Å². The Morgan fingerprint density at radius 3 is 2.15 bits per heavy atom. The second-order valence-corrected chi connectivity index (χ2v) is 8.68. The Hall–Kier alpha value is -2.74. The van der Waals surface area contributed by atoms with Crippen molar-refractivity contribution in [3.63, 3.8) is 0 Å². The number of nitrogens with one attached hydrogen (secondary N) is 2. The third-order valence-corrected chi connectivity index (χ3v) is 6.14. The van der Waals surface area contributed by atoms with E-state index in [0.717, 1.165) is 70.5 Å². The quantitative estimate of drug-likeness (QED) is 0.262. The number of hydrogen-bond acceptors (Lipinski definition) is 5. The van der Waals surface area contributed by atoms with E-state index in [1.807, 2.05) is 42.5 Å². The summed E-state index contributed by atoms with van der Waals surface area (Å²) in [4.78, 5) is 28.4. The van der Waals surface area contributed by atoms with E-state index in [2.05, 4.69) is 27.2 Å². The molecular formula is C26H36N4O3. The van der Waals surface area contributed by atoms with Gasteiger partial charge in [0.2, 0.25) is 5.91 Å². The van der Waals surface area contributed by atoms with E-state index in [1.54, 1.807) is 5.48 Å². The number of hydrogen-bond donors (Lipinski definition) is 3. The third-order valence-electron chi connectivity index (χ3n) is 6.14. The van der Waals surface area contributed by atoms with Gasteiger partial charge in [-0.2, -0.15) is 0 Å². The molecule has 0 unspecified atom stereocenters. The van der Waals surface area contributed by atoms with E-state index >= 15 is 0 Å². The monoisotopic (exact) mass is 452 g/mol. The predicted octanol–water partition coefficient (Wildman–Crippen LogP) is 3.19. The molecule has 2 aromatic carbocycles. The van der Waals surface area contributed by atoms with Crippen LogP contribution in [-0.4, -0.2) is 59.5 Å². The topological polar surface area (TPSA) is 84.9 Å². The average Bonchev–Trinajstić information content (AvgIpc) is 2.86. The van der Waals surface area contributed by atoms with Gasteiger partial charge in [-0.3, -0.25) is 19.7 Å². The molecule has 0 spiro atoms. The lowest BCUT2D eigenvalue weighted by Crippen LogP contribution is -2.46. The lowest BCUT2D eigenvalue weighted by molar-refractivity contribution is -0.129. The van der Waals surface area contributed by atoms with Crippen LogP contribution in [0, 0.1) is 0 Å². The second-order valence-electron chi connectivity index (χ2n) is 8.68. The largest absolute Gasteiger partial charge is 0.348 e. The fraction of sp³-hybridized carbons (Fsp3) is 0.462. The fourth-order valence-corrected chi connectivity index (χ4v) is 4.10. The zero-order valence-corrected chi connectivity index (χ0v) is 19.3. The van der Waals surface area contributed by atoms with Crippen LogP contribution in [0.15, 0.2) is 54.6 Å². The Morgan fingerprint density at radius 2 is 1.45 bits per heavy atom. The number of nitrogens with zero attached hydrogens (tertiary/aromatic N) is 2. The van der Waals surface area contributed by atoms with Gasteiger partial charge in [0.1, 0.15) is 0 Å². The maximum atomic E-state index is 12.4. The first kappa shape index (κ1) is 24.9. The number of rotatable bonds is 12. The lowest BCUT2D eigenvalue weighted by atomic mass is 10.1. The smallest absolute Gasteiger partial charge is 0.251 e. The summed E-state index contributed by atoms with van der Waals surface area (Å²) < 4.78 is 0. The molecule has 0 bridgehead atoms. The molecular weight excluding hydrogens is 416 g/mol. The third kappa shape index (κ3) is 8.96. The summed E-state index contributed by atoms with van der Waals surface area (Å²) in [6.07, 6.45) is 4.51. The maximum Gasteiger partial charge on any atom is 0.251 e. The first-order valence-corrected chi connectivity index (χ1v) is 11.9. The molecule has 1 aliphatic rings. The Morgan fingerprint density at radius 1 is 0.788 bits per heavy atom. The van der Waals surface area contributed by atoms with Crippen molar-refractivity contribution in [2.24, 2.45) is 0 Å². The van der Waals surface area contributed by atoms with E-state index in [0.29, 0.717) is 18.5 Å². The first-order chi connectivity index (χ1) is 16.1. The zero-order chi connectivity index (χ0) is 23.3. The second kappa shape index (κ2) is 13.7. The molecule has 3 rings (SSSR count). The van der Waals surface area contributed by atoms with Gasteiger partial charge >= 0.3 is 0 Å². The van der Waals surface area contributed by atoms with Gasteiger partial charge in [0.15, 0.2) is 0 Å². The molecule has 1 aliphatic heterocycles. The van der Waals surface area contributed by atoms with Crippen LogP contribution in [0.1, 0.15) is 53.6 Å². The molecule has 7 nitrogen and oxygen atoms in total. The minimum absolute atomic E-state index is 0.0457. The normalized spacial score (nSPS) is 14.7. The van der Waals surface area contributed by atoms with Gasteiger partial charge in [-0.05, 0) is 42.6 Å². The number of benzene rings is 2. The van der Waals surface area contributed by atoms with Crippen molar-refractivity contribution in [2.75, 3.05) is 32.7 Å². The van der Waals surface area contributed by atoms with Gasteiger partial charge in [-0.25, -0.2) is 5.48 Å². The van der Waals surface area contributed by atoms with E-state index in [9.17, 15) is 9.59 Å². The number of piperazine rings is 1. The molecule has 7 heteroatoms. The van der Waals surface area contributed by atoms with Gasteiger partial charge in [-0.15, -0.1) is 0 Å². The summed E-state index contributed by atoms with van der Waals surface area (Å²) in [7, 11) is 0. The van der Waals surface area contributed by atoms with Gasteiger partial charge in [0, 0.05) is 51.3 Å². The fourth-order valence-electron chi connectivity index (χ4n) is 4.10. The Kier molecular flexibility index (Phi) is 10.4. The summed E-state index contributed by atoms with van der Waals surface area (Å²) in [5, 5.41) is 11.5. The van der Waals surface area contributed by atoms with Crippen LogP contribution in [0.5, 0.6) is 0 Å². The predicted molar refractivity (Wildman–Crippen MR) is 129 cm³/mol. The van der Waals surface area contributed by atoms with Gasteiger partial charge in [0.25, 0.3) is 5.91 Å². The van der Waals surface area contributed by atoms with Gasteiger partial charge < -0.3 is 10.2 Å². The summed E-state index contributed by atoms with van der Waals surface area (Å²) in [5.74, 6) is -0.345. The zero-order valence-electron chi connectivity index (χ0n) is 19.3. The number of amides is 2. The van der Waals surface area contributed by atoms with Crippen LogP contribution >= 0.6 is 0 Å². The molecule has 1 saturated heterocycles. The van der Waals surface area contributed by atoms with Crippen LogP contribution in [-0.2, 0) is 17.9 Å². The van der Waals surface area contributed by atoms with Crippen molar-refractivity contribution >= 4 is 11.8 Å². The molecule has 33 heavy (non-hydrogen) atoms. The minimum atomic E-state index is -0.299. The SMILES string of the molecule is O=C(CCCCCCN1CCN(Cc2ccc(C(=O)NCc3ccccc3)cc2)CC1)NO. The molecule has 2 amide bonds. The van der Waals surface area contributed by atoms with Crippen molar-refractivity contribution in [1.82, 2.24) is 20.6 Å². The molecule has 1 heterocycles. The molecule has 2 aromatic rings. The van der Waals surface area contributed by atoms with Crippen molar-refractivity contribution in [3.8, 4) is 0 Å². The highest BCUT2D eigenvalue weighted by molar-refractivity contribution is 5.94. The van der Waals surface area contributed by atoms with Crippen LogP contribution in [0.2, 0.25) is 0 Å². The van der Waals surface area contributed by atoms with Crippen molar-refractivity contribution in [3.05, 3.63) is 71.3 Å². The summed E-state index contributed by atoms with van der Waals surface area (Å²) >= 11 is 0. The number of unbranched alkanes of at least 4 members (excludes halogenated alkanes) is 3. The minimum Gasteiger partial charge on any atom is -0.348 e. The number of carbonyl (C=O) groups excluding carboxylic acids is 2. The molecule has 3 N–H and O–H groups in total. The Balaban J connectivity index is 1.30. The number of carbonyl (C=O) groups is 2. The highest BCUT2D eigenvalue weighted by Crippen LogP contribution is 2.12. The highest BCUT2D eigenvalue weighted by atomic mass is 16.5. The summed E-state index contributed by atoms with van der Waals surface area (Å²) in [5.41, 5.74) is 4.69. The van der Waals surface area contributed by atoms with Crippen molar-refractivity contribution in [2.45, 2.75) is 45.2 Å². The van der Waals surface area contributed by atoms with Gasteiger partial charge in [0.05, 0.1) is 0 Å². The first-order valence-electron chi connectivity index (χ1n) is 11.9. The van der Waals surface area contributed by atoms with Crippen LogP contribution in [0.25, 0.3) is 0 Å². The number of hydroxylamine groups is 1. The van der Waals surface area contributed by atoms with E-state index in [-0.39, 0.29) is 11.8 Å². The average molecular weight is 453 g/mol. The molecule has 0 saturated carbocycles. The molecule has 178 valence electrons. The Bertz CT molecular complexity index is 850. The standard InChI is InChI=1S/C26H36N4O3/c31-25(28-33)10-6-1-2-7-15-29-16-18-30(19-17-29)21-23-11-13-24(14-12-23)26(32)27-20-22-8-4-3-5-9-22/h3-5,8-9,11-14,33H,1-2,6-7,10,15-21H2,(H,27,32)(H,28,31). The highest BCUT2D eigenvalue weighted by Gasteiger charge is 2.16. The maximum absolute atomic E-state index is 12.4. The van der Waals surface area contributed by atoms with Crippen LogP contribution < -0.4 is 10.8 Å². The van der Waals surface area contributed by atoms with E-state index < -0.39 is 0 Å². The lowest BCUT2D eigenvalue weighted by Gasteiger charge is -2.34. The van der Waals surface area contributed by atoms with E-state index in [1.165, 1.54) is 5.56 Å². The van der Waals surface area contributed by atoms with Gasteiger partial charge in [-0.1, -0.05) is 55.3 Å². The Labute approximate surface area is 196 Å². The van der Waals surface area contributed by atoms with Crippen LogP contribution in [0.3, 0.4) is 0 Å².